The maximum absolute atomic E-state index is 11.7. The van der Waals surface area contributed by atoms with Crippen LogP contribution in [-0.2, 0) is 9.53 Å². The van der Waals surface area contributed by atoms with Gasteiger partial charge in [0.1, 0.15) is 5.60 Å². The molecule has 0 aromatic heterocycles. The first-order valence-corrected chi connectivity index (χ1v) is 7.23. The molecule has 0 spiro atoms. The van der Waals surface area contributed by atoms with Crippen molar-refractivity contribution in [2.24, 2.45) is 0 Å². The lowest BCUT2D eigenvalue weighted by atomic mass is 9.91. The number of rotatable bonds is 4. The molecule has 0 radical (unpaired) electrons. The molecular formula is C14H27N3O3. The number of carbonyl (C=O) groups excluding carboxylic acids is 2. The first-order chi connectivity index (χ1) is 9.30. The van der Waals surface area contributed by atoms with Gasteiger partial charge in [-0.3, -0.25) is 4.79 Å². The van der Waals surface area contributed by atoms with Gasteiger partial charge in [0.15, 0.2) is 0 Å². The van der Waals surface area contributed by atoms with Crippen LogP contribution in [0.15, 0.2) is 0 Å². The van der Waals surface area contributed by atoms with Crippen molar-refractivity contribution >= 4 is 12.0 Å². The molecule has 20 heavy (non-hydrogen) atoms. The van der Waals surface area contributed by atoms with E-state index < -0.39 is 5.60 Å². The normalized spacial score (nSPS) is 23.0. The molecule has 0 saturated heterocycles. The highest BCUT2D eigenvalue weighted by Gasteiger charge is 2.25. The number of nitrogens with one attached hydrogen (secondary N) is 3. The Morgan fingerprint density at radius 1 is 1.20 bits per heavy atom. The van der Waals surface area contributed by atoms with E-state index in [0.29, 0.717) is 6.54 Å². The van der Waals surface area contributed by atoms with E-state index in [9.17, 15) is 9.59 Å². The van der Waals surface area contributed by atoms with E-state index in [1.807, 2.05) is 20.8 Å². The maximum atomic E-state index is 11.7. The summed E-state index contributed by atoms with van der Waals surface area (Å²) in [4.78, 5) is 22.9. The fourth-order valence-corrected chi connectivity index (χ4v) is 2.31. The van der Waals surface area contributed by atoms with E-state index in [1.54, 1.807) is 7.05 Å². The molecule has 2 atom stereocenters. The molecule has 1 aliphatic rings. The average Bonchev–Trinajstić information content (AvgIpc) is 2.34. The van der Waals surface area contributed by atoms with Crippen molar-refractivity contribution in [3.8, 4) is 0 Å². The van der Waals surface area contributed by atoms with E-state index in [2.05, 4.69) is 16.0 Å². The summed E-state index contributed by atoms with van der Waals surface area (Å²) in [5.74, 6) is -0.0211. The van der Waals surface area contributed by atoms with Crippen molar-refractivity contribution < 1.29 is 14.3 Å². The zero-order valence-electron chi connectivity index (χ0n) is 12.9. The van der Waals surface area contributed by atoms with Gasteiger partial charge >= 0.3 is 6.09 Å². The van der Waals surface area contributed by atoms with Crippen molar-refractivity contribution in [1.29, 1.82) is 0 Å². The van der Waals surface area contributed by atoms with Crippen molar-refractivity contribution in [3.05, 3.63) is 0 Å². The maximum Gasteiger partial charge on any atom is 0.407 e. The Balaban J connectivity index is 2.33. The topological polar surface area (TPSA) is 79.5 Å². The van der Waals surface area contributed by atoms with Crippen LogP contribution in [-0.4, -0.2) is 43.3 Å². The predicted molar refractivity (Wildman–Crippen MR) is 77.5 cm³/mol. The van der Waals surface area contributed by atoms with Gasteiger partial charge in [-0.25, -0.2) is 4.79 Å². The molecule has 1 saturated carbocycles. The molecule has 2 unspecified atom stereocenters. The highest BCUT2D eigenvalue weighted by Crippen LogP contribution is 2.19. The fraction of sp³-hybridized carbons (Fsp3) is 0.857. The Morgan fingerprint density at radius 2 is 1.85 bits per heavy atom. The molecule has 0 heterocycles. The van der Waals surface area contributed by atoms with Crippen LogP contribution in [0.25, 0.3) is 0 Å². The summed E-state index contributed by atoms with van der Waals surface area (Å²) in [6.45, 7) is 5.86. The van der Waals surface area contributed by atoms with E-state index in [0.717, 1.165) is 25.7 Å². The van der Waals surface area contributed by atoms with Crippen LogP contribution >= 0.6 is 0 Å². The van der Waals surface area contributed by atoms with Crippen molar-refractivity contribution in [1.82, 2.24) is 16.0 Å². The third-order valence-corrected chi connectivity index (χ3v) is 3.23. The van der Waals surface area contributed by atoms with Crippen LogP contribution in [0, 0.1) is 0 Å². The Hall–Kier alpha value is -1.30. The summed E-state index contributed by atoms with van der Waals surface area (Å²) < 4.78 is 5.26. The highest BCUT2D eigenvalue weighted by molar-refractivity contribution is 5.77. The summed E-state index contributed by atoms with van der Waals surface area (Å²) in [7, 11) is 1.62. The quantitative estimate of drug-likeness (QED) is 0.724. The van der Waals surface area contributed by atoms with Crippen molar-refractivity contribution in [2.75, 3.05) is 13.6 Å². The molecule has 116 valence electrons. The monoisotopic (exact) mass is 285 g/mol. The molecule has 6 heteroatoms. The fourth-order valence-electron chi connectivity index (χ4n) is 2.31. The lowest BCUT2D eigenvalue weighted by Gasteiger charge is -2.31. The first-order valence-electron chi connectivity index (χ1n) is 7.23. The summed E-state index contributed by atoms with van der Waals surface area (Å²) in [5.41, 5.74) is -0.477. The van der Waals surface area contributed by atoms with E-state index >= 15 is 0 Å². The number of hydrogen-bond acceptors (Lipinski definition) is 4. The summed E-state index contributed by atoms with van der Waals surface area (Å²) >= 11 is 0. The SMILES string of the molecule is CNC(=O)CNC1CCCC(NC(=O)OC(C)(C)C)C1. The van der Waals surface area contributed by atoms with Gasteiger partial charge in [0.2, 0.25) is 5.91 Å². The Kier molecular flexibility index (Phi) is 6.26. The predicted octanol–water partition coefficient (Wildman–Crippen LogP) is 1.16. The molecular weight excluding hydrogens is 258 g/mol. The first kappa shape index (κ1) is 16.8. The smallest absolute Gasteiger partial charge is 0.407 e. The molecule has 6 nitrogen and oxygen atoms in total. The molecule has 0 bridgehead atoms. The van der Waals surface area contributed by atoms with Crippen LogP contribution in [0.4, 0.5) is 4.79 Å². The summed E-state index contributed by atoms with van der Waals surface area (Å²) in [6.07, 6.45) is 3.48. The van der Waals surface area contributed by atoms with Gasteiger partial charge in [0.05, 0.1) is 6.54 Å². The van der Waals surface area contributed by atoms with Crippen LogP contribution in [0.2, 0.25) is 0 Å². The standard InChI is InChI=1S/C14H27N3O3/c1-14(2,3)20-13(19)17-11-7-5-6-10(8-11)16-9-12(18)15-4/h10-11,16H,5-9H2,1-4H3,(H,15,18)(H,17,19). The van der Waals surface area contributed by atoms with E-state index in [1.165, 1.54) is 0 Å². The number of amides is 2. The molecule has 1 rings (SSSR count). The van der Waals surface area contributed by atoms with Gasteiger partial charge in [0, 0.05) is 19.1 Å². The second kappa shape index (κ2) is 7.47. The Bertz CT molecular complexity index is 339. The van der Waals surface area contributed by atoms with E-state index in [-0.39, 0.29) is 24.1 Å². The molecule has 1 fully saturated rings. The lowest BCUT2D eigenvalue weighted by molar-refractivity contribution is -0.119. The number of alkyl carbamates (subject to hydrolysis) is 1. The molecule has 2 amide bonds. The second-order valence-electron chi connectivity index (χ2n) is 6.26. The van der Waals surface area contributed by atoms with Crippen LogP contribution in [0.1, 0.15) is 46.5 Å². The third kappa shape index (κ3) is 6.75. The summed E-state index contributed by atoms with van der Waals surface area (Å²) in [5, 5.41) is 8.71. The van der Waals surface area contributed by atoms with Gasteiger partial charge in [0.25, 0.3) is 0 Å². The number of ether oxygens (including phenoxy) is 1. The highest BCUT2D eigenvalue weighted by atomic mass is 16.6. The number of hydrogen-bond donors (Lipinski definition) is 3. The van der Waals surface area contributed by atoms with Gasteiger partial charge < -0.3 is 20.7 Å². The molecule has 0 aromatic rings. The van der Waals surface area contributed by atoms with Crippen LogP contribution in [0.5, 0.6) is 0 Å². The molecule has 0 aliphatic heterocycles. The minimum atomic E-state index is -0.477. The molecule has 0 aromatic carbocycles. The third-order valence-electron chi connectivity index (χ3n) is 3.23. The lowest BCUT2D eigenvalue weighted by Crippen LogP contribution is -2.47. The zero-order chi connectivity index (χ0) is 15.2. The summed E-state index contributed by atoms with van der Waals surface area (Å²) in [6, 6.07) is 0.377. The van der Waals surface area contributed by atoms with Gasteiger partial charge in [-0.15, -0.1) is 0 Å². The largest absolute Gasteiger partial charge is 0.444 e. The molecule has 1 aliphatic carbocycles. The van der Waals surface area contributed by atoms with Gasteiger partial charge in [-0.1, -0.05) is 0 Å². The number of likely N-dealkylation sites (N-methyl/N-ethyl adjacent to an activating group) is 1. The number of carbonyl (C=O) groups is 2. The van der Waals surface area contributed by atoms with E-state index in [4.69, 9.17) is 4.74 Å². The average molecular weight is 285 g/mol. The zero-order valence-corrected chi connectivity index (χ0v) is 12.9. The Labute approximate surface area is 121 Å². The minimum Gasteiger partial charge on any atom is -0.444 e. The van der Waals surface area contributed by atoms with Crippen molar-refractivity contribution in [2.45, 2.75) is 64.1 Å². The molecule has 3 N–H and O–H groups in total. The second-order valence-corrected chi connectivity index (χ2v) is 6.26. The van der Waals surface area contributed by atoms with Crippen LogP contribution < -0.4 is 16.0 Å². The van der Waals surface area contributed by atoms with Crippen LogP contribution in [0.3, 0.4) is 0 Å². The van der Waals surface area contributed by atoms with Gasteiger partial charge in [-0.05, 0) is 46.5 Å². The van der Waals surface area contributed by atoms with Gasteiger partial charge in [-0.2, -0.15) is 0 Å². The van der Waals surface area contributed by atoms with Crippen molar-refractivity contribution in [3.63, 3.8) is 0 Å². The Morgan fingerprint density at radius 3 is 2.45 bits per heavy atom. The minimum absolute atomic E-state index is 0.0211.